The molecule has 0 saturated carbocycles. The zero-order valence-corrected chi connectivity index (χ0v) is 14.7. The third kappa shape index (κ3) is 3.35. The van der Waals surface area contributed by atoms with Crippen molar-refractivity contribution in [3.05, 3.63) is 65.7 Å². The third-order valence-electron chi connectivity index (χ3n) is 4.79. The summed E-state index contributed by atoms with van der Waals surface area (Å²) in [6.45, 7) is 3.33. The van der Waals surface area contributed by atoms with E-state index in [-0.39, 0.29) is 11.8 Å². The van der Waals surface area contributed by atoms with Crippen molar-refractivity contribution in [3.63, 3.8) is 0 Å². The summed E-state index contributed by atoms with van der Waals surface area (Å²) in [4.78, 5) is 23.5. The summed E-state index contributed by atoms with van der Waals surface area (Å²) in [5.74, 6) is 1.76. The van der Waals surface area contributed by atoms with Gasteiger partial charge in [0, 0.05) is 36.5 Å². The lowest BCUT2D eigenvalue weighted by atomic mass is 9.97. The number of hydrogen-bond acceptors (Lipinski definition) is 4. The van der Waals surface area contributed by atoms with Crippen molar-refractivity contribution in [2.24, 2.45) is 0 Å². The fourth-order valence-corrected chi connectivity index (χ4v) is 3.33. The molecule has 3 aromatic rings. The van der Waals surface area contributed by atoms with Crippen LogP contribution in [0.3, 0.4) is 0 Å². The predicted octanol–water partition coefficient (Wildman–Crippen LogP) is 3.19. The minimum atomic E-state index is 0.0324. The number of H-pyrrole nitrogens is 1. The molecule has 4 rings (SSSR count). The number of nitrogens with zero attached hydrogens (tertiary/aromatic N) is 4. The Balaban J connectivity index is 1.49. The highest BCUT2D eigenvalue weighted by atomic mass is 16.2. The molecular formula is C20H21N5O. The lowest BCUT2D eigenvalue weighted by molar-refractivity contribution is 0.0704. The van der Waals surface area contributed by atoms with E-state index >= 15 is 0 Å². The Morgan fingerprint density at radius 3 is 2.81 bits per heavy atom. The Morgan fingerprint density at radius 1 is 1.19 bits per heavy atom. The predicted molar refractivity (Wildman–Crippen MR) is 98.7 cm³/mol. The fraction of sp³-hybridized carbons (Fsp3) is 0.300. The molecule has 1 aliphatic heterocycles. The number of nitrogens with one attached hydrogen (secondary N) is 1. The summed E-state index contributed by atoms with van der Waals surface area (Å²) in [5, 5.41) is 7.42. The van der Waals surface area contributed by atoms with Crippen LogP contribution < -0.4 is 0 Å². The molecule has 0 unspecified atom stereocenters. The first kappa shape index (κ1) is 16.4. The van der Waals surface area contributed by atoms with Gasteiger partial charge in [-0.05, 0) is 31.9 Å². The van der Waals surface area contributed by atoms with Crippen LogP contribution in [0.1, 0.15) is 40.6 Å². The molecule has 2 aromatic heterocycles. The first-order valence-corrected chi connectivity index (χ1v) is 8.90. The molecule has 132 valence electrons. The van der Waals surface area contributed by atoms with Crippen LogP contribution in [0.25, 0.3) is 11.4 Å². The van der Waals surface area contributed by atoms with Gasteiger partial charge in [-0.1, -0.05) is 30.3 Å². The van der Waals surface area contributed by atoms with E-state index in [1.807, 2.05) is 54.3 Å². The van der Waals surface area contributed by atoms with Crippen molar-refractivity contribution in [2.75, 3.05) is 13.1 Å². The van der Waals surface area contributed by atoms with E-state index in [0.29, 0.717) is 17.9 Å². The first-order valence-electron chi connectivity index (χ1n) is 8.90. The Hall–Kier alpha value is -3.02. The second-order valence-electron chi connectivity index (χ2n) is 6.69. The molecule has 26 heavy (non-hydrogen) atoms. The number of amides is 1. The Kier molecular flexibility index (Phi) is 4.48. The van der Waals surface area contributed by atoms with Crippen molar-refractivity contribution in [1.29, 1.82) is 0 Å². The van der Waals surface area contributed by atoms with E-state index < -0.39 is 0 Å². The van der Waals surface area contributed by atoms with Crippen molar-refractivity contribution in [2.45, 2.75) is 25.7 Å². The number of carbonyl (C=O) groups is 1. The summed E-state index contributed by atoms with van der Waals surface area (Å²) in [7, 11) is 0. The highest BCUT2D eigenvalue weighted by molar-refractivity contribution is 5.94. The number of aromatic amines is 1. The summed E-state index contributed by atoms with van der Waals surface area (Å²) >= 11 is 0. The van der Waals surface area contributed by atoms with Gasteiger partial charge in [0.1, 0.15) is 5.82 Å². The normalized spacial score (nSPS) is 17.3. The molecule has 0 spiro atoms. The summed E-state index contributed by atoms with van der Waals surface area (Å²) < 4.78 is 0. The van der Waals surface area contributed by atoms with E-state index in [1.165, 1.54) is 0 Å². The highest BCUT2D eigenvalue weighted by Gasteiger charge is 2.27. The van der Waals surface area contributed by atoms with Crippen LogP contribution in [0.15, 0.2) is 48.7 Å². The van der Waals surface area contributed by atoms with Crippen molar-refractivity contribution in [3.8, 4) is 11.4 Å². The van der Waals surface area contributed by atoms with Crippen LogP contribution >= 0.6 is 0 Å². The molecule has 0 radical (unpaired) electrons. The van der Waals surface area contributed by atoms with Gasteiger partial charge in [0.15, 0.2) is 5.82 Å². The number of pyridine rings is 1. The average molecular weight is 347 g/mol. The number of aromatic nitrogens is 4. The Morgan fingerprint density at radius 2 is 2.04 bits per heavy atom. The van der Waals surface area contributed by atoms with Gasteiger partial charge in [-0.3, -0.25) is 14.9 Å². The van der Waals surface area contributed by atoms with E-state index in [4.69, 9.17) is 0 Å². The third-order valence-corrected chi connectivity index (χ3v) is 4.79. The maximum absolute atomic E-state index is 12.8. The summed E-state index contributed by atoms with van der Waals surface area (Å²) in [6.07, 6.45) is 3.61. The van der Waals surface area contributed by atoms with Crippen LogP contribution in [0, 0.1) is 6.92 Å². The van der Waals surface area contributed by atoms with Gasteiger partial charge in [0.05, 0.1) is 5.56 Å². The Labute approximate surface area is 152 Å². The van der Waals surface area contributed by atoms with Crippen LogP contribution in [0.5, 0.6) is 0 Å². The smallest absolute Gasteiger partial charge is 0.255 e. The number of benzene rings is 1. The number of piperidine rings is 1. The molecule has 1 aromatic carbocycles. The van der Waals surface area contributed by atoms with E-state index in [0.717, 1.165) is 36.5 Å². The number of rotatable bonds is 3. The van der Waals surface area contributed by atoms with E-state index in [1.54, 1.807) is 6.20 Å². The van der Waals surface area contributed by atoms with Gasteiger partial charge in [0.25, 0.3) is 5.91 Å². The topological polar surface area (TPSA) is 74.8 Å². The monoisotopic (exact) mass is 347 g/mol. The number of hydrogen-bond donors (Lipinski definition) is 1. The second kappa shape index (κ2) is 7.07. The van der Waals surface area contributed by atoms with Gasteiger partial charge < -0.3 is 4.90 Å². The molecule has 1 fully saturated rings. The zero-order chi connectivity index (χ0) is 17.9. The number of carbonyl (C=O) groups excluding carboxylic acids is 1. The molecule has 1 atom stereocenters. The van der Waals surface area contributed by atoms with Crippen molar-refractivity contribution < 1.29 is 4.79 Å². The lowest BCUT2D eigenvalue weighted by Crippen LogP contribution is -2.39. The SMILES string of the molecule is Cc1ccc(C(=O)N2CCC[C@@H](c3nc(-c4ccccc4)n[nH]3)C2)cn1. The van der Waals surface area contributed by atoms with Crippen molar-refractivity contribution in [1.82, 2.24) is 25.1 Å². The fourth-order valence-electron chi connectivity index (χ4n) is 3.33. The molecule has 1 amide bonds. The largest absolute Gasteiger partial charge is 0.338 e. The van der Waals surface area contributed by atoms with Gasteiger partial charge in [0.2, 0.25) is 0 Å². The molecule has 3 heterocycles. The average Bonchev–Trinajstić information content (AvgIpc) is 3.19. The quantitative estimate of drug-likeness (QED) is 0.789. The minimum absolute atomic E-state index is 0.0324. The highest BCUT2D eigenvalue weighted by Crippen LogP contribution is 2.27. The Bertz CT molecular complexity index is 888. The molecule has 1 N–H and O–H groups in total. The van der Waals surface area contributed by atoms with Crippen molar-refractivity contribution >= 4 is 5.91 Å². The lowest BCUT2D eigenvalue weighted by Gasteiger charge is -2.31. The molecule has 0 aliphatic carbocycles. The first-order chi connectivity index (χ1) is 12.7. The van der Waals surface area contributed by atoms with Gasteiger partial charge in [-0.25, -0.2) is 4.98 Å². The van der Waals surface area contributed by atoms with Crippen LogP contribution in [-0.2, 0) is 0 Å². The van der Waals surface area contributed by atoms with Gasteiger partial charge >= 0.3 is 0 Å². The summed E-state index contributed by atoms with van der Waals surface area (Å²) in [5.41, 5.74) is 2.54. The maximum Gasteiger partial charge on any atom is 0.255 e. The van der Waals surface area contributed by atoms with Crippen LogP contribution in [0.4, 0.5) is 0 Å². The number of aryl methyl sites for hydroxylation is 1. The minimum Gasteiger partial charge on any atom is -0.338 e. The second-order valence-corrected chi connectivity index (χ2v) is 6.69. The van der Waals surface area contributed by atoms with E-state index in [2.05, 4.69) is 20.2 Å². The summed E-state index contributed by atoms with van der Waals surface area (Å²) in [6, 6.07) is 13.6. The molecule has 1 saturated heterocycles. The van der Waals surface area contributed by atoms with Gasteiger partial charge in [-0.2, -0.15) is 5.10 Å². The van der Waals surface area contributed by atoms with Gasteiger partial charge in [-0.15, -0.1) is 0 Å². The van der Waals surface area contributed by atoms with Crippen LogP contribution in [0.2, 0.25) is 0 Å². The molecular weight excluding hydrogens is 326 g/mol. The molecule has 6 heteroatoms. The van der Waals surface area contributed by atoms with E-state index in [9.17, 15) is 4.79 Å². The standard InChI is InChI=1S/C20H21N5O/c1-14-9-10-16(12-21-14)20(26)25-11-5-8-17(13-25)19-22-18(23-24-19)15-6-3-2-4-7-15/h2-4,6-7,9-10,12,17H,5,8,11,13H2,1H3,(H,22,23,24)/t17-/m1/s1. The maximum atomic E-state index is 12.8. The molecule has 0 bridgehead atoms. The zero-order valence-electron chi connectivity index (χ0n) is 14.7. The number of likely N-dealkylation sites (tertiary alicyclic amines) is 1. The van der Waals surface area contributed by atoms with Crippen LogP contribution in [-0.4, -0.2) is 44.1 Å². The molecule has 1 aliphatic rings. The molecule has 6 nitrogen and oxygen atoms in total.